The van der Waals surface area contributed by atoms with Crippen LogP contribution in [0.2, 0.25) is 0 Å². The highest BCUT2D eigenvalue weighted by Gasteiger charge is 2.09. The molecule has 1 amide bonds. The minimum atomic E-state index is -0.448. The van der Waals surface area contributed by atoms with Crippen LogP contribution in [0.25, 0.3) is 6.08 Å². The fraction of sp³-hybridized carbons (Fsp3) is 0.0588. The van der Waals surface area contributed by atoms with Gasteiger partial charge in [-0.05, 0) is 42.0 Å². The van der Waals surface area contributed by atoms with Crippen molar-refractivity contribution in [1.82, 2.24) is 0 Å². The molecule has 2 aromatic rings. The second-order valence-corrected chi connectivity index (χ2v) is 5.32. The lowest BCUT2D eigenvalue weighted by Gasteiger charge is -2.05. The smallest absolute Gasteiger partial charge is 0.266 e. The Morgan fingerprint density at radius 3 is 2.59 bits per heavy atom. The van der Waals surface area contributed by atoms with Gasteiger partial charge in [-0.15, -0.1) is 0 Å². The molecule has 0 aliphatic rings. The average molecular weight is 357 g/mol. The first kappa shape index (κ1) is 15.8. The fourth-order valence-corrected chi connectivity index (χ4v) is 2.18. The summed E-state index contributed by atoms with van der Waals surface area (Å²) in [6.07, 6.45) is 1.53. The van der Waals surface area contributed by atoms with E-state index in [-0.39, 0.29) is 5.57 Å². The molecule has 0 heterocycles. The summed E-state index contributed by atoms with van der Waals surface area (Å²) in [6.45, 7) is 0. The molecule has 0 radical (unpaired) electrons. The zero-order valence-electron chi connectivity index (χ0n) is 11.8. The monoisotopic (exact) mass is 356 g/mol. The van der Waals surface area contributed by atoms with Crippen molar-refractivity contribution in [1.29, 1.82) is 5.26 Å². The van der Waals surface area contributed by atoms with Crippen LogP contribution in [0.3, 0.4) is 0 Å². The summed E-state index contributed by atoms with van der Waals surface area (Å²) in [5.41, 5.74) is 1.40. The van der Waals surface area contributed by atoms with Gasteiger partial charge in [-0.3, -0.25) is 4.79 Å². The molecule has 0 bridgehead atoms. The van der Waals surface area contributed by atoms with Gasteiger partial charge in [0.15, 0.2) is 0 Å². The average Bonchev–Trinajstić information content (AvgIpc) is 2.53. The molecule has 0 fully saturated rings. The number of anilines is 1. The first-order chi connectivity index (χ1) is 10.6. The zero-order valence-corrected chi connectivity index (χ0v) is 13.4. The van der Waals surface area contributed by atoms with Crippen LogP contribution in [0.5, 0.6) is 5.75 Å². The highest BCUT2D eigenvalue weighted by atomic mass is 79.9. The second-order valence-electron chi connectivity index (χ2n) is 4.41. The zero-order chi connectivity index (χ0) is 15.9. The number of amides is 1. The van der Waals surface area contributed by atoms with Crippen molar-refractivity contribution in [2.75, 3.05) is 12.4 Å². The molecule has 4 nitrogen and oxygen atoms in total. The summed E-state index contributed by atoms with van der Waals surface area (Å²) >= 11 is 3.33. The van der Waals surface area contributed by atoms with E-state index < -0.39 is 5.91 Å². The van der Waals surface area contributed by atoms with Crippen LogP contribution in [-0.2, 0) is 4.79 Å². The molecule has 0 aliphatic carbocycles. The first-order valence-corrected chi connectivity index (χ1v) is 7.24. The van der Waals surface area contributed by atoms with Gasteiger partial charge >= 0.3 is 0 Å². The summed E-state index contributed by atoms with van der Waals surface area (Å²) in [7, 11) is 1.58. The molecule has 0 saturated carbocycles. The van der Waals surface area contributed by atoms with Crippen LogP contribution < -0.4 is 10.1 Å². The van der Waals surface area contributed by atoms with E-state index >= 15 is 0 Å². The predicted octanol–water partition coefficient (Wildman–Crippen LogP) is 4.00. The van der Waals surface area contributed by atoms with Crippen LogP contribution in [0.15, 0.2) is 58.6 Å². The third kappa shape index (κ3) is 4.21. The van der Waals surface area contributed by atoms with E-state index in [1.54, 1.807) is 49.6 Å². The third-order valence-electron chi connectivity index (χ3n) is 2.87. The van der Waals surface area contributed by atoms with Crippen molar-refractivity contribution in [2.24, 2.45) is 0 Å². The lowest BCUT2D eigenvalue weighted by Crippen LogP contribution is -2.13. The Hall–Kier alpha value is -2.58. The van der Waals surface area contributed by atoms with E-state index in [2.05, 4.69) is 21.2 Å². The summed E-state index contributed by atoms with van der Waals surface area (Å²) in [4.78, 5) is 12.1. The fourth-order valence-electron chi connectivity index (χ4n) is 1.78. The van der Waals surface area contributed by atoms with Crippen molar-refractivity contribution in [3.63, 3.8) is 0 Å². The Morgan fingerprint density at radius 1 is 1.27 bits per heavy atom. The molecule has 0 unspecified atom stereocenters. The van der Waals surface area contributed by atoms with E-state index in [0.29, 0.717) is 11.4 Å². The summed E-state index contributed by atoms with van der Waals surface area (Å²) in [5.74, 6) is 0.269. The van der Waals surface area contributed by atoms with Gasteiger partial charge in [0.2, 0.25) is 0 Å². The number of nitrogens with zero attached hydrogens (tertiary/aromatic N) is 1. The number of hydrogen-bond donors (Lipinski definition) is 1. The maximum absolute atomic E-state index is 12.1. The lowest BCUT2D eigenvalue weighted by molar-refractivity contribution is -0.112. The van der Waals surface area contributed by atoms with Crippen LogP contribution >= 0.6 is 15.9 Å². The number of halogens is 1. The van der Waals surface area contributed by atoms with Crippen LogP contribution in [0.4, 0.5) is 5.69 Å². The number of ether oxygens (including phenoxy) is 1. The van der Waals surface area contributed by atoms with Crippen LogP contribution in [-0.4, -0.2) is 13.0 Å². The van der Waals surface area contributed by atoms with Crippen molar-refractivity contribution in [3.05, 3.63) is 64.1 Å². The molecule has 0 saturated heterocycles. The highest BCUT2D eigenvalue weighted by molar-refractivity contribution is 9.10. The van der Waals surface area contributed by atoms with Crippen LogP contribution in [0, 0.1) is 11.3 Å². The largest absolute Gasteiger partial charge is 0.497 e. The van der Waals surface area contributed by atoms with E-state index in [4.69, 9.17) is 4.74 Å². The Balaban J connectivity index is 2.17. The molecule has 2 rings (SSSR count). The van der Waals surface area contributed by atoms with Gasteiger partial charge in [-0.25, -0.2) is 0 Å². The lowest BCUT2D eigenvalue weighted by atomic mass is 10.1. The minimum absolute atomic E-state index is 0.0325. The van der Waals surface area contributed by atoms with E-state index in [1.807, 2.05) is 12.1 Å². The molecule has 2 aromatic carbocycles. The Morgan fingerprint density at radius 2 is 2.00 bits per heavy atom. The van der Waals surface area contributed by atoms with E-state index in [0.717, 1.165) is 10.0 Å². The summed E-state index contributed by atoms with van der Waals surface area (Å²) < 4.78 is 5.92. The molecule has 0 spiro atoms. The topological polar surface area (TPSA) is 62.1 Å². The second kappa shape index (κ2) is 7.43. The number of carbonyl (C=O) groups is 1. The maximum Gasteiger partial charge on any atom is 0.266 e. The van der Waals surface area contributed by atoms with Gasteiger partial charge in [0, 0.05) is 10.2 Å². The number of carbonyl (C=O) groups excluding carboxylic acids is 1. The van der Waals surface area contributed by atoms with Crippen molar-refractivity contribution >= 4 is 33.6 Å². The molecule has 0 atom stereocenters. The van der Waals surface area contributed by atoms with E-state index in [9.17, 15) is 10.1 Å². The van der Waals surface area contributed by atoms with Gasteiger partial charge in [-0.2, -0.15) is 5.26 Å². The van der Waals surface area contributed by atoms with Gasteiger partial charge in [-0.1, -0.05) is 34.1 Å². The summed E-state index contributed by atoms with van der Waals surface area (Å²) in [5, 5.41) is 11.9. The van der Waals surface area contributed by atoms with Crippen molar-refractivity contribution in [2.45, 2.75) is 0 Å². The van der Waals surface area contributed by atoms with Crippen molar-refractivity contribution < 1.29 is 9.53 Å². The minimum Gasteiger partial charge on any atom is -0.497 e. The predicted molar refractivity (Wildman–Crippen MR) is 89.4 cm³/mol. The van der Waals surface area contributed by atoms with Crippen LogP contribution in [0.1, 0.15) is 5.56 Å². The standard InChI is InChI=1S/C17H13BrN2O2/c1-22-16-7-5-12(6-8-16)9-13(11-19)17(21)20-15-4-2-3-14(18)10-15/h2-10H,1H3,(H,20,21)/b13-9+. The molecule has 5 heteroatoms. The number of benzene rings is 2. The number of hydrogen-bond acceptors (Lipinski definition) is 3. The number of rotatable bonds is 4. The molecular weight excluding hydrogens is 344 g/mol. The molecular formula is C17H13BrN2O2. The normalized spacial score (nSPS) is 10.7. The Labute approximate surface area is 137 Å². The highest BCUT2D eigenvalue weighted by Crippen LogP contribution is 2.17. The van der Waals surface area contributed by atoms with Gasteiger partial charge in [0.25, 0.3) is 5.91 Å². The first-order valence-electron chi connectivity index (χ1n) is 6.45. The van der Waals surface area contributed by atoms with Gasteiger partial charge < -0.3 is 10.1 Å². The summed E-state index contributed by atoms with van der Waals surface area (Å²) in [6, 6.07) is 16.2. The van der Waals surface area contributed by atoms with Gasteiger partial charge in [0.05, 0.1) is 7.11 Å². The number of nitriles is 1. The van der Waals surface area contributed by atoms with Gasteiger partial charge in [0.1, 0.15) is 17.4 Å². The third-order valence-corrected chi connectivity index (χ3v) is 3.37. The molecule has 22 heavy (non-hydrogen) atoms. The SMILES string of the molecule is COc1ccc(/C=C(\C#N)C(=O)Nc2cccc(Br)c2)cc1. The molecule has 0 aliphatic heterocycles. The maximum atomic E-state index is 12.1. The number of methoxy groups -OCH3 is 1. The molecule has 110 valence electrons. The van der Waals surface area contributed by atoms with E-state index in [1.165, 1.54) is 6.08 Å². The Bertz CT molecular complexity index is 746. The quantitative estimate of drug-likeness (QED) is 0.665. The molecule has 0 aromatic heterocycles. The molecule has 1 N–H and O–H groups in total. The van der Waals surface area contributed by atoms with Crippen molar-refractivity contribution in [3.8, 4) is 11.8 Å². The number of nitrogens with one attached hydrogen (secondary N) is 1. The Kier molecular flexibility index (Phi) is 5.34.